The van der Waals surface area contributed by atoms with Crippen LogP contribution in [-0.4, -0.2) is 17.3 Å². The van der Waals surface area contributed by atoms with Crippen molar-refractivity contribution in [3.05, 3.63) is 23.8 Å². The first kappa shape index (κ1) is 8.93. The number of carbonyl (C=O) groups is 1. The maximum absolute atomic E-state index is 10.5. The number of carboxylic acids is 1. The van der Waals surface area contributed by atoms with Crippen LogP contribution >= 0.6 is 11.8 Å². The fourth-order valence-corrected chi connectivity index (χ4v) is 1.39. The van der Waals surface area contributed by atoms with Crippen molar-refractivity contribution in [2.45, 2.75) is 4.90 Å². The van der Waals surface area contributed by atoms with Gasteiger partial charge in [-0.3, -0.25) is 0 Å². The number of anilines is 1. The van der Waals surface area contributed by atoms with Gasteiger partial charge in [-0.2, -0.15) is 0 Å². The Bertz CT molecular complexity index is 312. The third kappa shape index (κ3) is 1.71. The topological polar surface area (TPSA) is 63.3 Å². The van der Waals surface area contributed by atoms with Crippen LogP contribution in [0.1, 0.15) is 10.4 Å². The van der Waals surface area contributed by atoms with Crippen LogP contribution in [0.5, 0.6) is 0 Å². The fraction of sp³-hybridized carbons (Fsp3) is 0.125. The zero-order valence-electron chi connectivity index (χ0n) is 6.57. The monoisotopic (exact) mass is 183 g/mol. The molecule has 0 fully saturated rings. The van der Waals surface area contributed by atoms with Gasteiger partial charge in [0.05, 0.1) is 5.56 Å². The molecule has 0 radical (unpaired) electrons. The van der Waals surface area contributed by atoms with E-state index in [0.717, 1.165) is 4.90 Å². The van der Waals surface area contributed by atoms with E-state index in [1.807, 2.05) is 6.26 Å². The van der Waals surface area contributed by atoms with Crippen LogP contribution in [0.4, 0.5) is 5.69 Å². The Morgan fingerprint density at radius 2 is 2.25 bits per heavy atom. The summed E-state index contributed by atoms with van der Waals surface area (Å²) < 4.78 is 0. The Kier molecular flexibility index (Phi) is 2.60. The van der Waals surface area contributed by atoms with Crippen molar-refractivity contribution < 1.29 is 9.90 Å². The number of nitrogen functional groups attached to an aromatic ring is 1. The highest BCUT2D eigenvalue weighted by Crippen LogP contribution is 2.23. The average Bonchev–Trinajstić information content (AvgIpc) is 2.05. The molecule has 1 aromatic rings. The predicted octanol–water partition coefficient (Wildman–Crippen LogP) is 1.69. The van der Waals surface area contributed by atoms with E-state index in [1.54, 1.807) is 12.1 Å². The summed E-state index contributed by atoms with van der Waals surface area (Å²) >= 11 is 1.44. The van der Waals surface area contributed by atoms with Crippen molar-refractivity contribution in [3.63, 3.8) is 0 Å². The van der Waals surface area contributed by atoms with E-state index < -0.39 is 5.97 Å². The van der Waals surface area contributed by atoms with Crippen molar-refractivity contribution >= 4 is 23.4 Å². The second-order valence-electron chi connectivity index (χ2n) is 2.26. The van der Waals surface area contributed by atoms with Crippen LogP contribution in [0.15, 0.2) is 23.1 Å². The summed E-state index contributed by atoms with van der Waals surface area (Å²) in [6.07, 6.45) is 1.86. The molecule has 0 heterocycles. The number of thioether (sulfide) groups is 1. The molecule has 0 aliphatic heterocycles. The van der Waals surface area contributed by atoms with Crippen molar-refractivity contribution in [1.29, 1.82) is 0 Å². The average molecular weight is 183 g/mol. The number of aromatic carboxylic acids is 1. The summed E-state index contributed by atoms with van der Waals surface area (Å²) in [6, 6.07) is 4.68. The molecule has 12 heavy (non-hydrogen) atoms. The highest BCUT2D eigenvalue weighted by atomic mass is 32.2. The van der Waals surface area contributed by atoms with Gasteiger partial charge in [0.1, 0.15) is 0 Å². The molecule has 0 saturated heterocycles. The van der Waals surface area contributed by atoms with Crippen LogP contribution in [0.25, 0.3) is 0 Å². The minimum Gasteiger partial charge on any atom is -0.478 e. The van der Waals surface area contributed by atoms with Crippen molar-refractivity contribution in [1.82, 2.24) is 0 Å². The summed E-state index contributed by atoms with van der Waals surface area (Å²) in [5.74, 6) is -0.926. The first-order chi connectivity index (χ1) is 5.65. The van der Waals surface area contributed by atoms with Gasteiger partial charge >= 0.3 is 5.97 Å². The molecular formula is C8H9NO2S. The van der Waals surface area contributed by atoms with Crippen LogP contribution in [0.2, 0.25) is 0 Å². The highest BCUT2D eigenvalue weighted by Gasteiger charge is 2.04. The molecule has 0 aliphatic carbocycles. The van der Waals surface area contributed by atoms with Crippen LogP contribution < -0.4 is 5.73 Å². The standard InChI is InChI=1S/C8H9NO2S/c1-12-7-4-5(8(10)11)2-3-6(7)9/h2-4H,9H2,1H3,(H,10,11). The summed E-state index contributed by atoms with van der Waals surface area (Å²) in [7, 11) is 0. The second kappa shape index (κ2) is 3.49. The smallest absolute Gasteiger partial charge is 0.335 e. The molecule has 4 heteroatoms. The Balaban J connectivity index is 3.13. The third-order valence-electron chi connectivity index (χ3n) is 1.48. The highest BCUT2D eigenvalue weighted by molar-refractivity contribution is 7.98. The lowest BCUT2D eigenvalue weighted by molar-refractivity contribution is 0.0696. The minimum absolute atomic E-state index is 0.272. The summed E-state index contributed by atoms with van der Waals surface area (Å²) in [4.78, 5) is 11.3. The Morgan fingerprint density at radius 3 is 2.75 bits per heavy atom. The molecule has 0 bridgehead atoms. The van der Waals surface area contributed by atoms with E-state index in [1.165, 1.54) is 17.8 Å². The molecular weight excluding hydrogens is 174 g/mol. The summed E-state index contributed by atoms with van der Waals surface area (Å²) in [5.41, 5.74) is 6.48. The fourth-order valence-electron chi connectivity index (χ4n) is 0.844. The number of benzene rings is 1. The normalized spacial score (nSPS) is 9.75. The van der Waals surface area contributed by atoms with Gasteiger partial charge in [0, 0.05) is 10.6 Å². The maximum Gasteiger partial charge on any atom is 0.335 e. The Morgan fingerprint density at radius 1 is 1.58 bits per heavy atom. The zero-order chi connectivity index (χ0) is 9.14. The summed E-state index contributed by atoms with van der Waals surface area (Å²) in [6.45, 7) is 0. The number of carboxylic acid groups (broad SMARTS) is 1. The molecule has 3 nitrogen and oxygen atoms in total. The molecule has 0 atom stereocenters. The number of hydrogen-bond donors (Lipinski definition) is 2. The van der Waals surface area contributed by atoms with E-state index in [-0.39, 0.29) is 5.56 Å². The molecule has 64 valence electrons. The van der Waals surface area contributed by atoms with Gasteiger partial charge in [0.25, 0.3) is 0 Å². The summed E-state index contributed by atoms with van der Waals surface area (Å²) in [5, 5.41) is 8.65. The van der Waals surface area contributed by atoms with Gasteiger partial charge in [-0.15, -0.1) is 11.8 Å². The third-order valence-corrected chi connectivity index (χ3v) is 2.27. The molecule has 0 amide bonds. The molecule has 1 aromatic carbocycles. The van der Waals surface area contributed by atoms with Gasteiger partial charge in [-0.05, 0) is 24.5 Å². The molecule has 0 unspecified atom stereocenters. The van der Waals surface area contributed by atoms with E-state index in [2.05, 4.69) is 0 Å². The van der Waals surface area contributed by atoms with E-state index in [0.29, 0.717) is 5.69 Å². The number of nitrogens with two attached hydrogens (primary N) is 1. The van der Waals surface area contributed by atoms with Crippen molar-refractivity contribution in [3.8, 4) is 0 Å². The quantitative estimate of drug-likeness (QED) is 0.541. The first-order valence-electron chi connectivity index (χ1n) is 3.32. The van der Waals surface area contributed by atoms with E-state index in [4.69, 9.17) is 10.8 Å². The SMILES string of the molecule is CSc1cc(C(=O)O)ccc1N. The number of rotatable bonds is 2. The van der Waals surface area contributed by atoms with Crippen LogP contribution in [-0.2, 0) is 0 Å². The van der Waals surface area contributed by atoms with Gasteiger partial charge in [0.2, 0.25) is 0 Å². The van der Waals surface area contributed by atoms with E-state index >= 15 is 0 Å². The molecule has 0 aromatic heterocycles. The Hall–Kier alpha value is -1.16. The molecule has 0 aliphatic rings. The van der Waals surface area contributed by atoms with Crippen molar-refractivity contribution in [2.75, 3.05) is 12.0 Å². The maximum atomic E-state index is 10.5. The van der Waals surface area contributed by atoms with Crippen LogP contribution in [0.3, 0.4) is 0 Å². The molecule has 0 saturated carbocycles. The lowest BCUT2D eigenvalue weighted by Gasteiger charge is -2.02. The Labute approximate surface area is 74.6 Å². The van der Waals surface area contributed by atoms with E-state index in [9.17, 15) is 4.79 Å². The van der Waals surface area contributed by atoms with Crippen LogP contribution in [0, 0.1) is 0 Å². The van der Waals surface area contributed by atoms with Crippen molar-refractivity contribution in [2.24, 2.45) is 0 Å². The van der Waals surface area contributed by atoms with Gasteiger partial charge in [0.15, 0.2) is 0 Å². The lowest BCUT2D eigenvalue weighted by Crippen LogP contribution is -1.97. The van der Waals surface area contributed by atoms with Gasteiger partial charge in [-0.1, -0.05) is 0 Å². The molecule has 1 rings (SSSR count). The lowest BCUT2D eigenvalue weighted by atomic mass is 10.2. The zero-order valence-corrected chi connectivity index (χ0v) is 7.39. The minimum atomic E-state index is -0.926. The molecule has 3 N–H and O–H groups in total. The second-order valence-corrected chi connectivity index (χ2v) is 3.11. The first-order valence-corrected chi connectivity index (χ1v) is 4.54. The molecule has 0 spiro atoms. The number of hydrogen-bond acceptors (Lipinski definition) is 3. The largest absolute Gasteiger partial charge is 0.478 e. The predicted molar refractivity (Wildman–Crippen MR) is 49.6 cm³/mol. The van der Waals surface area contributed by atoms with Gasteiger partial charge in [-0.25, -0.2) is 4.79 Å². The van der Waals surface area contributed by atoms with Gasteiger partial charge < -0.3 is 10.8 Å².